The molecule has 0 aromatic heterocycles. The van der Waals surface area contributed by atoms with Crippen molar-refractivity contribution in [2.75, 3.05) is 31.1 Å². The van der Waals surface area contributed by atoms with Gasteiger partial charge in [0.1, 0.15) is 0 Å². The number of benzene rings is 1. The first kappa shape index (κ1) is 14.1. The summed E-state index contributed by atoms with van der Waals surface area (Å²) in [5, 5.41) is 0.746. The van der Waals surface area contributed by atoms with Gasteiger partial charge in [0.05, 0.1) is 6.04 Å². The van der Waals surface area contributed by atoms with E-state index in [0.717, 1.165) is 31.2 Å². The summed E-state index contributed by atoms with van der Waals surface area (Å²) in [6.45, 7) is 5.35. The van der Waals surface area contributed by atoms with Crippen LogP contribution < -0.4 is 16.2 Å². The Labute approximate surface area is 118 Å². The molecule has 2 rings (SSSR count). The molecule has 1 heterocycles. The molecule has 1 aliphatic rings. The van der Waals surface area contributed by atoms with Crippen molar-refractivity contribution in [3.63, 3.8) is 0 Å². The average Bonchev–Trinajstić information content (AvgIpc) is 2.46. The first-order valence-electron chi connectivity index (χ1n) is 6.37. The van der Waals surface area contributed by atoms with Crippen LogP contribution >= 0.6 is 11.6 Å². The van der Waals surface area contributed by atoms with Crippen LogP contribution in [-0.2, 0) is 4.79 Å². The normalized spacial score (nSPS) is 18.2. The molecule has 0 aliphatic carbocycles. The van der Waals surface area contributed by atoms with Gasteiger partial charge in [-0.2, -0.15) is 0 Å². The van der Waals surface area contributed by atoms with Crippen molar-refractivity contribution < 1.29 is 4.79 Å². The van der Waals surface area contributed by atoms with Crippen LogP contribution in [0.5, 0.6) is 0 Å². The van der Waals surface area contributed by atoms with Crippen molar-refractivity contribution in [3.05, 3.63) is 29.3 Å². The minimum Gasteiger partial charge on any atom is -0.369 e. The van der Waals surface area contributed by atoms with Crippen LogP contribution in [0.1, 0.15) is 6.92 Å². The Balaban J connectivity index is 1.92. The molecular formula is C13H19ClN4O. The zero-order valence-corrected chi connectivity index (χ0v) is 11.7. The highest BCUT2D eigenvalue weighted by Gasteiger charge is 2.25. The zero-order chi connectivity index (χ0) is 13.8. The summed E-state index contributed by atoms with van der Waals surface area (Å²) in [5.41, 5.74) is 3.37. The van der Waals surface area contributed by atoms with Crippen LogP contribution in [0, 0.1) is 0 Å². The highest BCUT2D eigenvalue weighted by atomic mass is 35.5. The summed E-state index contributed by atoms with van der Waals surface area (Å²) < 4.78 is 0. The van der Waals surface area contributed by atoms with E-state index in [4.69, 9.17) is 17.4 Å². The maximum absolute atomic E-state index is 11.5. The number of halogens is 1. The fraction of sp³-hybridized carbons (Fsp3) is 0.462. The molecule has 1 amide bonds. The zero-order valence-electron chi connectivity index (χ0n) is 11.0. The second kappa shape index (κ2) is 6.23. The van der Waals surface area contributed by atoms with E-state index < -0.39 is 0 Å². The molecule has 5 nitrogen and oxygen atoms in total. The van der Waals surface area contributed by atoms with E-state index in [2.05, 4.69) is 15.2 Å². The Morgan fingerprint density at radius 2 is 1.84 bits per heavy atom. The lowest BCUT2D eigenvalue weighted by atomic mass is 10.2. The number of nitrogens with zero attached hydrogens (tertiary/aromatic N) is 2. The smallest absolute Gasteiger partial charge is 0.250 e. The first-order chi connectivity index (χ1) is 9.11. The maximum Gasteiger partial charge on any atom is 0.250 e. The highest BCUT2D eigenvalue weighted by molar-refractivity contribution is 6.30. The summed E-state index contributed by atoms with van der Waals surface area (Å²) >= 11 is 5.88. The number of nitrogens with two attached hydrogens (primary N) is 1. The fourth-order valence-corrected chi connectivity index (χ4v) is 2.43. The number of nitrogens with one attached hydrogen (secondary N) is 1. The summed E-state index contributed by atoms with van der Waals surface area (Å²) in [7, 11) is 0. The van der Waals surface area contributed by atoms with Gasteiger partial charge in [0.2, 0.25) is 0 Å². The van der Waals surface area contributed by atoms with E-state index >= 15 is 0 Å². The Kier molecular flexibility index (Phi) is 4.63. The van der Waals surface area contributed by atoms with Crippen molar-refractivity contribution >= 4 is 23.2 Å². The molecular weight excluding hydrogens is 264 g/mol. The van der Waals surface area contributed by atoms with E-state index in [9.17, 15) is 4.79 Å². The van der Waals surface area contributed by atoms with E-state index in [0.29, 0.717) is 0 Å². The lowest BCUT2D eigenvalue weighted by Crippen LogP contribution is -2.54. The predicted molar refractivity (Wildman–Crippen MR) is 77.0 cm³/mol. The predicted octanol–water partition coefficient (Wildman–Crippen LogP) is 0.840. The standard InChI is InChI=1S/C13H19ClN4O/c1-10(13(19)16-15)17-6-8-18(9-7-17)12-4-2-11(14)3-5-12/h2-5,10H,6-9,15H2,1H3,(H,16,19). The molecule has 1 fully saturated rings. The van der Waals surface area contributed by atoms with Crippen molar-refractivity contribution in [2.45, 2.75) is 13.0 Å². The number of piperazine rings is 1. The molecule has 0 saturated carbocycles. The number of hydrogen-bond donors (Lipinski definition) is 2. The van der Waals surface area contributed by atoms with Crippen LogP contribution in [-0.4, -0.2) is 43.0 Å². The number of carbonyl (C=O) groups excluding carboxylic acids is 1. The third-order valence-corrected chi connectivity index (χ3v) is 3.83. The van der Waals surface area contributed by atoms with Gasteiger partial charge in [0.25, 0.3) is 5.91 Å². The number of hydrogen-bond acceptors (Lipinski definition) is 4. The molecule has 1 atom stereocenters. The molecule has 1 aliphatic heterocycles. The van der Waals surface area contributed by atoms with E-state index in [1.54, 1.807) is 0 Å². The van der Waals surface area contributed by atoms with Gasteiger partial charge >= 0.3 is 0 Å². The maximum atomic E-state index is 11.5. The summed E-state index contributed by atoms with van der Waals surface area (Å²) in [5.74, 6) is 5.02. The topological polar surface area (TPSA) is 61.6 Å². The Hall–Kier alpha value is -1.30. The molecule has 0 bridgehead atoms. The minimum absolute atomic E-state index is 0.139. The van der Waals surface area contributed by atoms with Gasteiger partial charge in [0, 0.05) is 36.9 Å². The Bertz CT molecular complexity index is 429. The third kappa shape index (κ3) is 3.37. The number of carbonyl (C=O) groups is 1. The number of rotatable bonds is 3. The van der Waals surface area contributed by atoms with Gasteiger partial charge in [-0.3, -0.25) is 15.1 Å². The Morgan fingerprint density at radius 1 is 1.26 bits per heavy atom. The van der Waals surface area contributed by atoms with Crippen molar-refractivity contribution in [1.82, 2.24) is 10.3 Å². The molecule has 1 aromatic carbocycles. The van der Waals surface area contributed by atoms with Gasteiger partial charge in [-0.15, -0.1) is 0 Å². The number of amides is 1. The third-order valence-electron chi connectivity index (χ3n) is 3.58. The van der Waals surface area contributed by atoms with E-state index in [1.165, 1.54) is 5.69 Å². The summed E-state index contributed by atoms with van der Waals surface area (Å²) in [6, 6.07) is 7.65. The molecule has 6 heteroatoms. The molecule has 3 N–H and O–H groups in total. The van der Waals surface area contributed by atoms with Crippen molar-refractivity contribution in [1.29, 1.82) is 0 Å². The lowest BCUT2D eigenvalue weighted by Gasteiger charge is -2.38. The highest BCUT2D eigenvalue weighted by Crippen LogP contribution is 2.19. The largest absolute Gasteiger partial charge is 0.369 e. The quantitative estimate of drug-likeness (QED) is 0.490. The van der Waals surface area contributed by atoms with Crippen LogP contribution in [0.2, 0.25) is 5.02 Å². The molecule has 104 valence electrons. The monoisotopic (exact) mass is 282 g/mol. The molecule has 0 spiro atoms. The summed E-state index contributed by atoms with van der Waals surface area (Å²) in [6.07, 6.45) is 0. The molecule has 1 aromatic rings. The van der Waals surface area contributed by atoms with Crippen LogP contribution in [0.3, 0.4) is 0 Å². The van der Waals surface area contributed by atoms with E-state index in [1.807, 2.05) is 31.2 Å². The van der Waals surface area contributed by atoms with Gasteiger partial charge in [0.15, 0.2) is 0 Å². The van der Waals surface area contributed by atoms with E-state index in [-0.39, 0.29) is 11.9 Å². The lowest BCUT2D eigenvalue weighted by molar-refractivity contribution is -0.126. The molecule has 0 radical (unpaired) electrons. The molecule has 1 saturated heterocycles. The fourth-order valence-electron chi connectivity index (χ4n) is 2.31. The van der Waals surface area contributed by atoms with Gasteiger partial charge in [-0.05, 0) is 31.2 Å². The van der Waals surface area contributed by atoms with Crippen molar-refractivity contribution in [2.24, 2.45) is 5.84 Å². The second-order valence-corrected chi connectivity index (χ2v) is 5.12. The Morgan fingerprint density at radius 3 is 2.37 bits per heavy atom. The number of hydrazine groups is 1. The summed E-state index contributed by atoms with van der Waals surface area (Å²) in [4.78, 5) is 15.9. The number of anilines is 1. The average molecular weight is 283 g/mol. The first-order valence-corrected chi connectivity index (χ1v) is 6.74. The van der Waals surface area contributed by atoms with Gasteiger partial charge in [-0.25, -0.2) is 5.84 Å². The van der Waals surface area contributed by atoms with Crippen LogP contribution in [0.4, 0.5) is 5.69 Å². The SMILES string of the molecule is CC(C(=O)NN)N1CCN(c2ccc(Cl)cc2)CC1. The van der Waals surface area contributed by atoms with Gasteiger partial charge < -0.3 is 4.90 Å². The van der Waals surface area contributed by atoms with Crippen LogP contribution in [0.25, 0.3) is 0 Å². The van der Waals surface area contributed by atoms with Crippen molar-refractivity contribution in [3.8, 4) is 0 Å². The molecule has 19 heavy (non-hydrogen) atoms. The second-order valence-electron chi connectivity index (χ2n) is 4.68. The van der Waals surface area contributed by atoms with Gasteiger partial charge in [-0.1, -0.05) is 11.6 Å². The molecule has 1 unspecified atom stereocenters. The minimum atomic E-state index is -0.183. The van der Waals surface area contributed by atoms with Crippen LogP contribution in [0.15, 0.2) is 24.3 Å².